The second-order valence-corrected chi connectivity index (χ2v) is 11.3. The summed E-state index contributed by atoms with van der Waals surface area (Å²) >= 11 is 0. The van der Waals surface area contributed by atoms with E-state index in [9.17, 15) is 0 Å². The van der Waals surface area contributed by atoms with Crippen LogP contribution < -0.4 is 10.2 Å². The monoisotopic (exact) mass is 572 g/mol. The Morgan fingerprint density at radius 1 is 0.318 bits per heavy atom. The van der Waals surface area contributed by atoms with Crippen LogP contribution in [-0.2, 0) is 0 Å². The Hall–Kier alpha value is -5.08. The molecule has 0 amide bonds. The molecule has 6 aromatic rings. The summed E-state index contributed by atoms with van der Waals surface area (Å²) in [7, 11) is 0. The SMILES string of the molecule is C1CC1.C1CC1.c1ccc(Nc2ccc(-c3cccc(N(c4ccccc4)c4ccc(-c5ccccc5)cc4)c3)cc2)cc1. The minimum Gasteiger partial charge on any atom is -0.356 e. The molecule has 218 valence electrons. The largest absolute Gasteiger partial charge is 0.356 e. The highest BCUT2D eigenvalue weighted by Crippen LogP contribution is 2.37. The predicted molar refractivity (Wildman–Crippen MR) is 189 cm³/mol. The van der Waals surface area contributed by atoms with Crippen LogP contribution in [-0.4, -0.2) is 0 Å². The fourth-order valence-electron chi connectivity index (χ4n) is 4.72. The van der Waals surface area contributed by atoms with Gasteiger partial charge in [0.25, 0.3) is 0 Å². The standard InChI is InChI=1S/C36H28N2.2C3H6/c1-4-11-28(12-5-1)29-21-25-35(26-22-29)38(34-16-8-3-9-17-34)36-18-10-13-31(27-36)30-19-23-33(24-20-30)37-32-14-6-2-7-15-32;2*1-2-3-1/h1-27,37H;2*1-3H2. The zero-order valence-corrected chi connectivity index (χ0v) is 25.3. The second-order valence-electron chi connectivity index (χ2n) is 11.3. The van der Waals surface area contributed by atoms with Gasteiger partial charge in [-0.05, 0) is 82.9 Å². The average Bonchev–Trinajstić information content (AvgIpc) is 3.99. The van der Waals surface area contributed by atoms with Crippen LogP contribution in [0.15, 0.2) is 164 Å². The molecular weight excluding hydrogens is 532 g/mol. The molecule has 0 spiro atoms. The summed E-state index contributed by atoms with van der Waals surface area (Å²) in [5.41, 5.74) is 10.3. The molecule has 6 aromatic carbocycles. The van der Waals surface area contributed by atoms with Crippen LogP contribution in [0.3, 0.4) is 0 Å². The number of benzene rings is 6. The van der Waals surface area contributed by atoms with Crippen LogP contribution >= 0.6 is 0 Å². The smallest absolute Gasteiger partial charge is 0.0467 e. The van der Waals surface area contributed by atoms with Crippen LogP contribution in [0.5, 0.6) is 0 Å². The van der Waals surface area contributed by atoms with Gasteiger partial charge < -0.3 is 10.2 Å². The first kappa shape index (κ1) is 29.0. The zero-order valence-electron chi connectivity index (χ0n) is 25.3. The Labute approximate surface area is 262 Å². The van der Waals surface area contributed by atoms with Crippen molar-refractivity contribution in [2.24, 2.45) is 0 Å². The Bertz CT molecular complexity index is 1680. The van der Waals surface area contributed by atoms with E-state index in [2.05, 4.69) is 156 Å². The molecule has 2 fully saturated rings. The van der Waals surface area contributed by atoms with E-state index in [0.717, 1.165) is 28.4 Å². The quantitative estimate of drug-likeness (QED) is 0.205. The topological polar surface area (TPSA) is 15.3 Å². The predicted octanol–water partition coefficient (Wildman–Crippen LogP) is 12.6. The van der Waals surface area contributed by atoms with Gasteiger partial charge in [0.05, 0.1) is 0 Å². The van der Waals surface area contributed by atoms with Gasteiger partial charge in [-0.3, -0.25) is 0 Å². The third-order valence-electron chi connectivity index (χ3n) is 7.34. The average molecular weight is 573 g/mol. The molecule has 0 aromatic heterocycles. The van der Waals surface area contributed by atoms with Gasteiger partial charge in [-0.2, -0.15) is 0 Å². The molecule has 0 saturated heterocycles. The summed E-state index contributed by atoms with van der Waals surface area (Å²) in [6.07, 6.45) is 9.00. The van der Waals surface area contributed by atoms with E-state index in [0.29, 0.717) is 0 Å². The van der Waals surface area contributed by atoms with Gasteiger partial charge in [0.1, 0.15) is 0 Å². The van der Waals surface area contributed by atoms with E-state index in [1.165, 1.54) is 60.8 Å². The van der Waals surface area contributed by atoms with Crippen molar-refractivity contribution < 1.29 is 0 Å². The Morgan fingerprint density at radius 3 is 1.32 bits per heavy atom. The van der Waals surface area contributed by atoms with E-state index in [1.807, 2.05) is 18.2 Å². The fourth-order valence-corrected chi connectivity index (χ4v) is 4.72. The highest BCUT2D eigenvalue weighted by molar-refractivity contribution is 5.81. The van der Waals surface area contributed by atoms with E-state index in [-0.39, 0.29) is 0 Å². The molecule has 0 bridgehead atoms. The highest BCUT2D eigenvalue weighted by atomic mass is 15.1. The van der Waals surface area contributed by atoms with Crippen molar-refractivity contribution >= 4 is 28.4 Å². The highest BCUT2D eigenvalue weighted by Gasteiger charge is 2.13. The first-order valence-electron chi connectivity index (χ1n) is 15.9. The minimum absolute atomic E-state index is 1.07. The van der Waals surface area contributed by atoms with Gasteiger partial charge >= 0.3 is 0 Å². The molecular formula is C42H40N2. The van der Waals surface area contributed by atoms with Gasteiger partial charge in [0, 0.05) is 28.4 Å². The van der Waals surface area contributed by atoms with Gasteiger partial charge in [-0.15, -0.1) is 0 Å². The van der Waals surface area contributed by atoms with Gasteiger partial charge in [0.15, 0.2) is 0 Å². The van der Waals surface area contributed by atoms with Gasteiger partial charge in [-0.1, -0.05) is 142 Å². The summed E-state index contributed by atoms with van der Waals surface area (Å²) in [5, 5.41) is 3.46. The molecule has 2 nitrogen and oxygen atoms in total. The van der Waals surface area contributed by atoms with Gasteiger partial charge in [0.2, 0.25) is 0 Å². The number of nitrogens with zero attached hydrogens (tertiary/aromatic N) is 1. The van der Waals surface area contributed by atoms with Crippen LogP contribution in [0.1, 0.15) is 38.5 Å². The summed E-state index contributed by atoms with van der Waals surface area (Å²) in [4.78, 5) is 2.31. The van der Waals surface area contributed by atoms with Gasteiger partial charge in [-0.25, -0.2) is 0 Å². The van der Waals surface area contributed by atoms with Crippen molar-refractivity contribution in [1.29, 1.82) is 0 Å². The summed E-state index contributed by atoms with van der Waals surface area (Å²) in [6.45, 7) is 0. The number of hydrogen-bond donors (Lipinski definition) is 1. The number of nitrogens with one attached hydrogen (secondary N) is 1. The number of hydrogen-bond acceptors (Lipinski definition) is 2. The lowest BCUT2D eigenvalue weighted by molar-refractivity contribution is 1.28. The molecule has 0 radical (unpaired) electrons. The lowest BCUT2D eigenvalue weighted by Crippen LogP contribution is -2.09. The maximum Gasteiger partial charge on any atom is 0.0467 e. The minimum atomic E-state index is 1.07. The molecule has 2 aliphatic carbocycles. The van der Waals surface area contributed by atoms with Crippen LogP contribution in [0.25, 0.3) is 22.3 Å². The fraction of sp³-hybridized carbons (Fsp3) is 0.143. The maximum absolute atomic E-state index is 3.46. The third-order valence-corrected chi connectivity index (χ3v) is 7.34. The van der Waals surface area contributed by atoms with Crippen molar-refractivity contribution in [2.45, 2.75) is 38.5 Å². The van der Waals surface area contributed by atoms with Crippen molar-refractivity contribution in [2.75, 3.05) is 10.2 Å². The van der Waals surface area contributed by atoms with Crippen molar-refractivity contribution in [3.05, 3.63) is 164 Å². The molecule has 0 unspecified atom stereocenters. The molecule has 0 heterocycles. The number of para-hydroxylation sites is 2. The normalized spacial score (nSPS) is 12.5. The Kier molecular flexibility index (Phi) is 9.82. The first-order chi connectivity index (χ1) is 21.8. The summed E-state index contributed by atoms with van der Waals surface area (Å²) in [6, 6.07) is 57.4. The zero-order chi connectivity index (χ0) is 29.8. The molecule has 2 aliphatic rings. The van der Waals surface area contributed by atoms with E-state index in [4.69, 9.17) is 0 Å². The maximum atomic E-state index is 3.46. The molecule has 2 heteroatoms. The first-order valence-corrected chi connectivity index (χ1v) is 15.9. The molecule has 44 heavy (non-hydrogen) atoms. The Morgan fingerprint density at radius 2 is 0.727 bits per heavy atom. The number of rotatable bonds is 7. The van der Waals surface area contributed by atoms with Crippen molar-refractivity contribution in [3.8, 4) is 22.3 Å². The molecule has 1 N–H and O–H groups in total. The third kappa shape index (κ3) is 8.49. The van der Waals surface area contributed by atoms with Crippen molar-refractivity contribution in [3.63, 3.8) is 0 Å². The summed E-state index contributed by atoms with van der Waals surface area (Å²) in [5.74, 6) is 0. The van der Waals surface area contributed by atoms with E-state index < -0.39 is 0 Å². The van der Waals surface area contributed by atoms with Crippen LogP contribution in [0, 0.1) is 0 Å². The van der Waals surface area contributed by atoms with Crippen molar-refractivity contribution in [1.82, 2.24) is 0 Å². The number of anilines is 5. The molecule has 8 rings (SSSR count). The molecule has 2 saturated carbocycles. The molecule has 0 atom stereocenters. The second kappa shape index (κ2) is 14.9. The van der Waals surface area contributed by atoms with Crippen LogP contribution in [0.2, 0.25) is 0 Å². The van der Waals surface area contributed by atoms with E-state index in [1.54, 1.807) is 0 Å². The lowest BCUT2D eigenvalue weighted by Gasteiger charge is -2.26. The summed E-state index contributed by atoms with van der Waals surface area (Å²) < 4.78 is 0. The van der Waals surface area contributed by atoms with Crippen LogP contribution in [0.4, 0.5) is 28.4 Å². The Balaban J connectivity index is 0.000000512. The lowest BCUT2D eigenvalue weighted by atomic mass is 10.0. The molecule has 0 aliphatic heterocycles. The van der Waals surface area contributed by atoms with E-state index >= 15 is 0 Å².